The third kappa shape index (κ3) is 11.7. The summed E-state index contributed by atoms with van der Waals surface area (Å²) in [6.07, 6.45) is -10.4. The van der Waals surface area contributed by atoms with Gasteiger partial charge in [-0.2, -0.15) is 0 Å². The predicted molar refractivity (Wildman–Crippen MR) is 230 cm³/mol. The van der Waals surface area contributed by atoms with E-state index in [2.05, 4.69) is 20.7 Å². The van der Waals surface area contributed by atoms with Gasteiger partial charge in [0.2, 0.25) is 10.0 Å². The van der Waals surface area contributed by atoms with E-state index in [1.807, 2.05) is 25.9 Å². The number of halogens is 1. The van der Waals surface area contributed by atoms with Crippen molar-refractivity contribution in [2.24, 2.45) is 23.7 Å². The van der Waals surface area contributed by atoms with Crippen molar-refractivity contribution in [2.75, 3.05) is 21.2 Å². The number of esters is 1. The molecular weight excluding hydrogens is 880 g/mol. The maximum Gasteiger partial charge on any atom is 0.311 e. The fourth-order valence-electron chi connectivity index (χ4n) is 9.69. The van der Waals surface area contributed by atoms with E-state index in [0.717, 1.165) is 0 Å². The van der Waals surface area contributed by atoms with Crippen LogP contribution >= 0.6 is 15.9 Å². The van der Waals surface area contributed by atoms with Gasteiger partial charge in [-0.3, -0.25) is 4.79 Å². The van der Waals surface area contributed by atoms with Gasteiger partial charge in [-0.1, -0.05) is 43.6 Å². The van der Waals surface area contributed by atoms with E-state index in [-0.39, 0.29) is 36.3 Å². The molecule has 6 N–H and O–H groups in total. The Hall–Kier alpha value is -1.36. The molecule has 19 atom stereocenters. The lowest BCUT2D eigenvalue weighted by Gasteiger charge is -2.49. The normalized spacial score (nSPS) is 45.0. The highest BCUT2D eigenvalue weighted by atomic mass is 79.9. The molecule has 3 fully saturated rings. The van der Waals surface area contributed by atoms with E-state index < -0.39 is 118 Å². The Morgan fingerprint density at radius 1 is 0.918 bits per heavy atom. The molecule has 0 bridgehead atoms. The fourth-order valence-corrected chi connectivity index (χ4v) is 11.4. The molecule has 352 valence electrons. The van der Waals surface area contributed by atoms with Crippen molar-refractivity contribution >= 4 is 31.9 Å². The van der Waals surface area contributed by atoms with Crippen molar-refractivity contribution in [2.45, 2.75) is 190 Å². The first kappa shape index (κ1) is 52.3. The molecule has 3 heterocycles. The molecule has 0 aromatic heterocycles. The average molecular weight is 954 g/mol. The number of rotatable bonds is 10. The Kier molecular flexibility index (Phi) is 17.5. The van der Waals surface area contributed by atoms with E-state index in [9.17, 15) is 38.7 Å². The SMILES string of the molecule is CC[C@H]1OC(=O)[C@H](C)[C@@H](O[C@H]2C[C@@](C)(OC)[C@@H](O)[C@H](C)O2)[C@H](C)[C@@H](O[C@@H]2O[C@H](C)C[C@H](N(C)C)[C@H]2O)[C@](C)(O)C[C@@H](C)[C@H](NS(=O)(=O)c2ccc(Br)cc2)[C@H](C)[C@@H](O)[C@]1(C)O. The van der Waals surface area contributed by atoms with Gasteiger partial charge in [0.1, 0.15) is 23.9 Å². The van der Waals surface area contributed by atoms with Gasteiger partial charge in [-0.05, 0) is 105 Å². The monoisotopic (exact) mass is 952 g/mol. The zero-order valence-electron chi connectivity index (χ0n) is 38.0. The highest BCUT2D eigenvalue weighted by Gasteiger charge is 2.54. The number of carbonyl (C=O) groups is 1. The highest BCUT2D eigenvalue weighted by Crippen LogP contribution is 2.41. The van der Waals surface area contributed by atoms with Crippen LogP contribution in [-0.2, 0) is 43.2 Å². The van der Waals surface area contributed by atoms with E-state index in [1.54, 1.807) is 60.6 Å². The third-order valence-corrected chi connectivity index (χ3v) is 15.5. The molecule has 0 radical (unpaired) electrons. The Morgan fingerprint density at radius 2 is 1.52 bits per heavy atom. The number of hydrogen-bond donors (Lipinski definition) is 6. The number of hydrogen-bond acceptors (Lipinski definition) is 15. The van der Waals surface area contributed by atoms with Crippen molar-refractivity contribution in [3.8, 4) is 0 Å². The number of nitrogens with one attached hydrogen (secondary N) is 1. The summed E-state index contributed by atoms with van der Waals surface area (Å²) >= 11 is 3.34. The van der Waals surface area contributed by atoms with Gasteiger partial charge in [0, 0.05) is 41.9 Å². The number of carbonyl (C=O) groups excluding carboxylic acids is 1. The molecule has 3 aliphatic rings. The lowest BCUT2D eigenvalue weighted by Crippen LogP contribution is -2.62. The number of sulfonamides is 1. The van der Waals surface area contributed by atoms with Gasteiger partial charge in [0.15, 0.2) is 12.6 Å². The Morgan fingerprint density at radius 3 is 2.08 bits per heavy atom. The minimum Gasteiger partial charge on any atom is -0.459 e. The van der Waals surface area contributed by atoms with Crippen LogP contribution in [0.2, 0.25) is 0 Å². The maximum atomic E-state index is 14.4. The molecule has 1 aromatic carbocycles. The number of aliphatic hydroxyl groups is 5. The number of aliphatic hydroxyl groups excluding tert-OH is 3. The highest BCUT2D eigenvalue weighted by molar-refractivity contribution is 9.10. The topological polar surface area (TPSA) is 223 Å². The average Bonchev–Trinajstić information content (AvgIpc) is 3.18. The molecule has 61 heavy (non-hydrogen) atoms. The van der Waals surface area contributed by atoms with Gasteiger partial charge in [-0.25, -0.2) is 13.1 Å². The smallest absolute Gasteiger partial charge is 0.311 e. The quantitative estimate of drug-likeness (QED) is 0.185. The second-order valence-corrected chi connectivity index (χ2v) is 21.4. The standard InChI is InChI=1S/C43H73BrN2O14S/c1-14-31-43(10,52)36(48)24(4)33(45-61(53,54)29-17-15-28(44)16-18-29)22(2)20-41(8,51)38(60-40-34(47)30(46(11)12)19-23(3)56-40)25(5)35(26(6)39(50)58-31)59-32-21-42(9,55-13)37(49)27(7)57-32/h15-18,22-27,30-38,40,45,47-49,51-52H,14,19-21H2,1-13H3/t22-,23-,24+,25+,26-,27+,30+,31-,32+,33+,34-,35+,36-,37+,38-,40+,41-,42-,43-/m1/s1. The van der Waals surface area contributed by atoms with E-state index >= 15 is 0 Å². The van der Waals surface area contributed by atoms with Crippen LogP contribution in [0, 0.1) is 23.7 Å². The second kappa shape index (κ2) is 20.4. The Labute approximate surface area is 371 Å². The fraction of sp³-hybridized carbons (Fsp3) is 0.837. The number of cyclic esters (lactones) is 1. The van der Waals surface area contributed by atoms with Crippen molar-refractivity contribution in [1.29, 1.82) is 0 Å². The lowest BCUT2D eigenvalue weighted by molar-refractivity contribution is -0.318. The molecule has 3 saturated heterocycles. The number of benzene rings is 1. The minimum atomic E-state index is -4.26. The molecule has 18 heteroatoms. The van der Waals surface area contributed by atoms with Gasteiger partial charge in [0.25, 0.3) is 0 Å². The molecule has 4 rings (SSSR count). The van der Waals surface area contributed by atoms with Crippen LogP contribution in [0.15, 0.2) is 33.6 Å². The number of nitrogens with zero attached hydrogens (tertiary/aromatic N) is 1. The largest absolute Gasteiger partial charge is 0.459 e. The molecule has 0 amide bonds. The first-order chi connectivity index (χ1) is 28.1. The lowest BCUT2D eigenvalue weighted by atomic mass is 9.72. The Bertz CT molecular complexity index is 1700. The Balaban J connectivity index is 1.91. The summed E-state index contributed by atoms with van der Waals surface area (Å²) < 4.78 is 69.2. The van der Waals surface area contributed by atoms with Crippen LogP contribution in [0.25, 0.3) is 0 Å². The molecule has 0 saturated carbocycles. The van der Waals surface area contributed by atoms with Crippen LogP contribution < -0.4 is 4.72 Å². The molecule has 3 aliphatic heterocycles. The van der Waals surface area contributed by atoms with Crippen LogP contribution in [0.4, 0.5) is 0 Å². The van der Waals surface area contributed by atoms with Crippen LogP contribution in [0.3, 0.4) is 0 Å². The van der Waals surface area contributed by atoms with Crippen LogP contribution in [0.1, 0.15) is 94.9 Å². The first-order valence-corrected chi connectivity index (χ1v) is 23.7. The van der Waals surface area contributed by atoms with Crippen molar-refractivity contribution in [1.82, 2.24) is 9.62 Å². The van der Waals surface area contributed by atoms with E-state index in [1.165, 1.54) is 33.1 Å². The second-order valence-electron chi connectivity index (χ2n) is 18.8. The number of ether oxygens (including phenoxy) is 6. The number of likely N-dealkylation sites (N-methyl/N-ethyl adjacent to an activating group) is 1. The summed E-state index contributed by atoms with van der Waals surface area (Å²) in [4.78, 5) is 16.2. The summed E-state index contributed by atoms with van der Waals surface area (Å²) in [6.45, 7) is 16.5. The molecule has 0 spiro atoms. The van der Waals surface area contributed by atoms with Crippen molar-refractivity contribution < 1.29 is 67.2 Å². The summed E-state index contributed by atoms with van der Waals surface area (Å²) in [7, 11) is 0.891. The van der Waals surface area contributed by atoms with Crippen molar-refractivity contribution in [3.63, 3.8) is 0 Å². The zero-order chi connectivity index (χ0) is 46.2. The van der Waals surface area contributed by atoms with Gasteiger partial charge in [0.05, 0.1) is 52.5 Å². The minimum absolute atomic E-state index is 0.0453. The van der Waals surface area contributed by atoms with E-state index in [0.29, 0.717) is 10.9 Å². The third-order valence-electron chi connectivity index (χ3n) is 13.5. The van der Waals surface area contributed by atoms with Gasteiger partial charge >= 0.3 is 5.97 Å². The zero-order valence-corrected chi connectivity index (χ0v) is 40.4. The number of methoxy groups -OCH3 is 1. The summed E-state index contributed by atoms with van der Waals surface area (Å²) in [5, 5.41) is 59.7. The maximum absolute atomic E-state index is 14.4. The predicted octanol–water partition coefficient (Wildman–Crippen LogP) is 3.33. The summed E-state index contributed by atoms with van der Waals surface area (Å²) in [6, 6.07) is 4.53. The van der Waals surface area contributed by atoms with Crippen LogP contribution in [0.5, 0.6) is 0 Å². The van der Waals surface area contributed by atoms with Gasteiger partial charge < -0.3 is 58.9 Å². The summed E-state index contributed by atoms with van der Waals surface area (Å²) in [5.41, 5.74) is -5.07. The van der Waals surface area contributed by atoms with Crippen molar-refractivity contribution in [3.05, 3.63) is 28.7 Å². The summed E-state index contributed by atoms with van der Waals surface area (Å²) in [5.74, 6) is -4.62. The first-order valence-electron chi connectivity index (χ1n) is 21.4. The molecular formula is C43H73BrN2O14S. The molecule has 16 nitrogen and oxygen atoms in total. The molecule has 0 unspecified atom stereocenters. The van der Waals surface area contributed by atoms with E-state index in [4.69, 9.17) is 28.4 Å². The van der Waals surface area contributed by atoms with Gasteiger partial charge in [-0.15, -0.1) is 0 Å². The van der Waals surface area contributed by atoms with Crippen LogP contribution in [-0.4, -0.2) is 156 Å². The molecule has 0 aliphatic carbocycles. The molecule has 1 aromatic rings.